The number of ether oxygens (including phenoxy) is 1. The molecule has 1 amide bonds. The molecular weight excluding hydrogens is 206 g/mol. The third kappa shape index (κ3) is 3.22. The minimum absolute atomic E-state index is 0.191. The molecular formula is C11H17N3O2. The van der Waals surface area contributed by atoms with E-state index in [1.165, 1.54) is 7.05 Å². The molecule has 88 valence electrons. The lowest BCUT2D eigenvalue weighted by Gasteiger charge is -2.15. The molecule has 1 rings (SSSR count). The van der Waals surface area contributed by atoms with Crippen LogP contribution in [0.25, 0.3) is 0 Å². The van der Waals surface area contributed by atoms with Gasteiger partial charge in [0.2, 0.25) is 5.91 Å². The molecule has 1 unspecified atom stereocenters. The molecule has 1 atom stereocenters. The van der Waals surface area contributed by atoms with Crippen LogP contribution in [-0.4, -0.2) is 25.1 Å². The SMILES string of the molecule is COc1ccc(C(N)CC(=O)N(C)N)cc1. The first-order valence-corrected chi connectivity index (χ1v) is 4.95. The van der Waals surface area contributed by atoms with Crippen LogP contribution in [0.15, 0.2) is 24.3 Å². The fourth-order valence-electron chi connectivity index (χ4n) is 1.30. The fourth-order valence-corrected chi connectivity index (χ4v) is 1.30. The lowest BCUT2D eigenvalue weighted by molar-refractivity contribution is -0.130. The molecule has 5 heteroatoms. The van der Waals surface area contributed by atoms with Gasteiger partial charge in [-0.25, -0.2) is 5.84 Å². The van der Waals surface area contributed by atoms with Crippen molar-refractivity contribution in [3.8, 4) is 5.75 Å². The summed E-state index contributed by atoms with van der Waals surface area (Å²) in [5.74, 6) is 5.89. The van der Waals surface area contributed by atoms with E-state index < -0.39 is 0 Å². The first-order valence-electron chi connectivity index (χ1n) is 4.95. The number of hydrogen-bond donors (Lipinski definition) is 2. The van der Waals surface area contributed by atoms with Gasteiger partial charge in [-0.3, -0.25) is 9.80 Å². The summed E-state index contributed by atoms with van der Waals surface area (Å²) in [6, 6.07) is 6.96. The zero-order valence-corrected chi connectivity index (χ0v) is 9.51. The molecule has 1 aromatic rings. The third-order valence-electron chi connectivity index (χ3n) is 2.33. The molecule has 0 saturated heterocycles. The minimum atomic E-state index is -0.343. The molecule has 0 spiro atoms. The standard InChI is InChI=1S/C11H17N3O2/c1-14(13)11(15)7-10(12)8-3-5-9(16-2)6-4-8/h3-6,10H,7,12-13H2,1-2H3. The van der Waals surface area contributed by atoms with Gasteiger partial charge >= 0.3 is 0 Å². The number of amides is 1. The van der Waals surface area contributed by atoms with Gasteiger partial charge in [0, 0.05) is 19.5 Å². The van der Waals surface area contributed by atoms with Crippen molar-refractivity contribution in [1.29, 1.82) is 0 Å². The highest BCUT2D eigenvalue weighted by Crippen LogP contribution is 2.18. The number of nitrogens with two attached hydrogens (primary N) is 2. The van der Waals surface area contributed by atoms with Crippen LogP contribution >= 0.6 is 0 Å². The van der Waals surface area contributed by atoms with Gasteiger partial charge < -0.3 is 10.5 Å². The Morgan fingerprint density at radius 2 is 2.00 bits per heavy atom. The topological polar surface area (TPSA) is 81.6 Å². The fraction of sp³-hybridized carbons (Fsp3) is 0.364. The van der Waals surface area contributed by atoms with Crippen molar-refractivity contribution >= 4 is 5.91 Å². The van der Waals surface area contributed by atoms with Gasteiger partial charge in [0.1, 0.15) is 5.75 Å². The lowest BCUT2D eigenvalue weighted by atomic mass is 10.0. The maximum atomic E-state index is 11.3. The largest absolute Gasteiger partial charge is 0.497 e. The predicted octanol–water partition coefficient (Wildman–Crippen LogP) is 0.417. The van der Waals surface area contributed by atoms with E-state index in [1.54, 1.807) is 7.11 Å². The van der Waals surface area contributed by atoms with Crippen LogP contribution < -0.4 is 16.3 Å². The molecule has 1 aromatic carbocycles. The van der Waals surface area contributed by atoms with Crippen molar-refractivity contribution in [2.45, 2.75) is 12.5 Å². The maximum Gasteiger partial charge on any atom is 0.238 e. The molecule has 0 aromatic heterocycles. The highest BCUT2D eigenvalue weighted by Gasteiger charge is 2.13. The summed E-state index contributed by atoms with van der Waals surface area (Å²) in [7, 11) is 3.10. The second-order valence-electron chi connectivity index (χ2n) is 3.59. The Bertz CT molecular complexity index is 349. The zero-order valence-electron chi connectivity index (χ0n) is 9.51. The quantitative estimate of drug-likeness (QED) is 0.440. The molecule has 0 aliphatic rings. The Kier molecular flexibility index (Phi) is 4.28. The second kappa shape index (κ2) is 5.48. The number of nitrogens with zero attached hydrogens (tertiary/aromatic N) is 1. The van der Waals surface area contributed by atoms with E-state index in [4.69, 9.17) is 16.3 Å². The van der Waals surface area contributed by atoms with Crippen LogP contribution in [0.5, 0.6) is 5.75 Å². The highest BCUT2D eigenvalue weighted by atomic mass is 16.5. The number of methoxy groups -OCH3 is 1. The van der Waals surface area contributed by atoms with E-state index in [2.05, 4.69) is 0 Å². The Morgan fingerprint density at radius 3 is 2.44 bits per heavy atom. The summed E-state index contributed by atoms with van der Waals surface area (Å²) in [5, 5.41) is 1.05. The second-order valence-corrected chi connectivity index (χ2v) is 3.59. The van der Waals surface area contributed by atoms with Crippen molar-refractivity contribution < 1.29 is 9.53 Å². The molecule has 5 nitrogen and oxygen atoms in total. The summed E-state index contributed by atoms with van der Waals surface area (Å²) in [6.07, 6.45) is 0.194. The van der Waals surface area contributed by atoms with Crippen molar-refractivity contribution in [1.82, 2.24) is 5.01 Å². The van der Waals surface area contributed by atoms with Gasteiger partial charge in [0.15, 0.2) is 0 Å². The van der Waals surface area contributed by atoms with Gasteiger partial charge in [0.25, 0.3) is 0 Å². The molecule has 0 radical (unpaired) electrons. The van der Waals surface area contributed by atoms with Crippen LogP contribution in [0.1, 0.15) is 18.0 Å². The van der Waals surface area contributed by atoms with Crippen LogP contribution in [0.2, 0.25) is 0 Å². The predicted molar refractivity (Wildman–Crippen MR) is 61.5 cm³/mol. The maximum absolute atomic E-state index is 11.3. The monoisotopic (exact) mass is 223 g/mol. The number of rotatable bonds is 4. The highest BCUT2D eigenvalue weighted by molar-refractivity contribution is 5.76. The van der Waals surface area contributed by atoms with E-state index in [0.717, 1.165) is 16.3 Å². The van der Waals surface area contributed by atoms with Crippen molar-refractivity contribution in [3.63, 3.8) is 0 Å². The average Bonchev–Trinajstić information content (AvgIpc) is 2.28. The van der Waals surface area contributed by atoms with E-state index in [9.17, 15) is 4.79 Å². The van der Waals surface area contributed by atoms with Crippen LogP contribution in [0.4, 0.5) is 0 Å². The molecule has 4 N–H and O–H groups in total. The molecule has 0 heterocycles. The van der Waals surface area contributed by atoms with Gasteiger partial charge in [-0.05, 0) is 17.7 Å². The molecule has 16 heavy (non-hydrogen) atoms. The number of hydrazine groups is 1. The van der Waals surface area contributed by atoms with E-state index >= 15 is 0 Å². The number of carbonyl (C=O) groups excluding carboxylic acids is 1. The molecule has 0 aliphatic heterocycles. The Morgan fingerprint density at radius 1 is 1.44 bits per heavy atom. The summed E-state index contributed by atoms with van der Waals surface area (Å²) in [5.41, 5.74) is 6.77. The number of benzene rings is 1. The lowest BCUT2D eigenvalue weighted by Crippen LogP contribution is -2.35. The third-order valence-corrected chi connectivity index (χ3v) is 2.33. The van der Waals surface area contributed by atoms with Crippen LogP contribution in [-0.2, 0) is 4.79 Å². The van der Waals surface area contributed by atoms with Crippen molar-refractivity contribution in [2.24, 2.45) is 11.6 Å². The Balaban J connectivity index is 2.65. The normalized spacial score (nSPS) is 12.0. The smallest absolute Gasteiger partial charge is 0.238 e. The molecule has 0 saturated carbocycles. The summed E-state index contributed by atoms with van der Waals surface area (Å²) in [4.78, 5) is 11.3. The number of hydrogen-bond acceptors (Lipinski definition) is 4. The van der Waals surface area contributed by atoms with Gasteiger partial charge in [-0.15, -0.1) is 0 Å². The minimum Gasteiger partial charge on any atom is -0.497 e. The zero-order chi connectivity index (χ0) is 12.1. The van der Waals surface area contributed by atoms with Crippen LogP contribution in [0.3, 0.4) is 0 Å². The summed E-state index contributed by atoms with van der Waals surface area (Å²) < 4.78 is 5.03. The molecule has 0 aliphatic carbocycles. The van der Waals surface area contributed by atoms with Crippen molar-refractivity contribution in [2.75, 3.05) is 14.2 Å². The van der Waals surface area contributed by atoms with Crippen LogP contribution in [0, 0.1) is 0 Å². The summed E-state index contributed by atoms with van der Waals surface area (Å²) in [6.45, 7) is 0. The first kappa shape index (κ1) is 12.5. The average molecular weight is 223 g/mol. The summed E-state index contributed by atoms with van der Waals surface area (Å²) >= 11 is 0. The van der Waals surface area contributed by atoms with E-state index in [1.807, 2.05) is 24.3 Å². The van der Waals surface area contributed by atoms with Gasteiger partial charge in [-0.2, -0.15) is 0 Å². The van der Waals surface area contributed by atoms with E-state index in [0.29, 0.717) is 0 Å². The Hall–Kier alpha value is -1.59. The molecule has 0 fully saturated rings. The van der Waals surface area contributed by atoms with E-state index in [-0.39, 0.29) is 18.4 Å². The van der Waals surface area contributed by atoms with Gasteiger partial charge in [-0.1, -0.05) is 12.1 Å². The first-order chi connectivity index (χ1) is 7.54. The van der Waals surface area contributed by atoms with Gasteiger partial charge in [0.05, 0.1) is 7.11 Å². The molecule has 0 bridgehead atoms. The number of carbonyl (C=O) groups is 1. The Labute approximate surface area is 94.9 Å². The van der Waals surface area contributed by atoms with Crippen molar-refractivity contribution in [3.05, 3.63) is 29.8 Å².